The molecule has 0 saturated carbocycles. The summed E-state index contributed by atoms with van der Waals surface area (Å²) in [4.78, 5) is 0. The lowest BCUT2D eigenvalue weighted by molar-refractivity contribution is 0.367. The van der Waals surface area contributed by atoms with Gasteiger partial charge in [0.15, 0.2) is 8.32 Å². The Morgan fingerprint density at radius 1 is 0.941 bits per heavy atom. The predicted molar refractivity (Wildman–Crippen MR) is 87.0 cm³/mol. The summed E-state index contributed by atoms with van der Waals surface area (Å²) >= 11 is 0. The third-order valence-electron chi connectivity index (χ3n) is 1.44. The van der Waals surface area contributed by atoms with Crippen LogP contribution in [0.15, 0.2) is 0 Å². The van der Waals surface area contributed by atoms with Crippen LogP contribution in [0.1, 0.15) is 0 Å². The second-order valence-electron chi connectivity index (χ2n) is 4.34. The van der Waals surface area contributed by atoms with Gasteiger partial charge in [-0.1, -0.05) is 0 Å². The minimum absolute atomic E-state index is 0.714. The summed E-state index contributed by atoms with van der Waals surface area (Å²) in [6, 6.07) is 0. The van der Waals surface area contributed by atoms with Gasteiger partial charge < -0.3 is 24.7 Å². The maximum absolute atomic E-state index is 5.86. The number of rotatable bonds is 11. The van der Waals surface area contributed by atoms with Crippen LogP contribution in [0.5, 0.6) is 0 Å². The maximum atomic E-state index is 5.86. The van der Waals surface area contributed by atoms with Crippen LogP contribution >= 0.6 is 0 Å². The van der Waals surface area contributed by atoms with Crippen molar-refractivity contribution in [1.82, 2.24) is 0 Å². The molecular formula is C4H24O6Si7. The van der Waals surface area contributed by atoms with E-state index in [1.165, 1.54) is 0 Å². The highest BCUT2D eigenvalue weighted by Crippen LogP contribution is 2.04. The topological polar surface area (TPSA) is 55.4 Å². The standard InChI is InChI=1S/C4H24O6Si7/c1-16(10-17(2,3)4)9-15-8-14-7-13-6-12-5-11/h16H,12-15H2,1-4,11H3. The highest BCUT2D eigenvalue weighted by molar-refractivity contribution is 6.76. The van der Waals surface area contributed by atoms with Crippen LogP contribution in [-0.4, -0.2) is 68.1 Å². The molecule has 0 spiro atoms. The summed E-state index contributed by atoms with van der Waals surface area (Å²) in [6.45, 7) is 8.58. The van der Waals surface area contributed by atoms with Gasteiger partial charge in [-0.3, -0.25) is 0 Å². The first-order valence-corrected chi connectivity index (χ1v) is 16.4. The predicted octanol–water partition coefficient (Wildman–Crippen LogP) is -3.95. The number of hydrogen-bond acceptors (Lipinski definition) is 6. The molecule has 0 N–H and O–H groups in total. The first-order valence-electron chi connectivity index (χ1n) is 5.47. The highest BCUT2D eigenvalue weighted by atomic mass is 28.4. The van der Waals surface area contributed by atoms with E-state index in [0.29, 0.717) is 0 Å². The van der Waals surface area contributed by atoms with Gasteiger partial charge >= 0.3 is 0 Å². The van der Waals surface area contributed by atoms with Crippen LogP contribution in [0.3, 0.4) is 0 Å². The van der Waals surface area contributed by atoms with Gasteiger partial charge in [0.2, 0.25) is 0 Å². The molecule has 0 rings (SSSR count). The second-order valence-corrected chi connectivity index (χ2v) is 20.1. The van der Waals surface area contributed by atoms with E-state index in [0.717, 1.165) is 10.5 Å². The summed E-state index contributed by atoms with van der Waals surface area (Å²) in [5, 5.41) is 0. The van der Waals surface area contributed by atoms with Crippen LogP contribution < -0.4 is 0 Å². The largest absolute Gasteiger partial charge is 0.449 e. The fraction of sp³-hybridized carbons (Fsp3) is 1.00. The Bertz CT molecular complexity index is 178. The maximum Gasteiger partial charge on any atom is 0.298 e. The van der Waals surface area contributed by atoms with Crippen LogP contribution in [0, 0.1) is 0 Å². The van der Waals surface area contributed by atoms with Crippen molar-refractivity contribution in [2.24, 2.45) is 0 Å². The normalized spacial score (nSPS) is 16.9. The Morgan fingerprint density at radius 2 is 1.47 bits per heavy atom. The second kappa shape index (κ2) is 11.1. The van der Waals surface area contributed by atoms with Crippen LogP contribution in [0.25, 0.3) is 0 Å². The van der Waals surface area contributed by atoms with E-state index in [4.69, 9.17) is 24.7 Å². The molecule has 13 heteroatoms. The fourth-order valence-electron chi connectivity index (χ4n) is 0.979. The molecule has 0 aliphatic rings. The monoisotopic (exact) mass is 364 g/mol. The first kappa shape index (κ1) is 18.3. The zero-order valence-corrected chi connectivity index (χ0v) is 21.2. The van der Waals surface area contributed by atoms with Gasteiger partial charge in [-0.2, -0.15) is 0 Å². The van der Waals surface area contributed by atoms with Crippen molar-refractivity contribution in [3.63, 3.8) is 0 Å². The first-order chi connectivity index (χ1) is 7.95. The van der Waals surface area contributed by atoms with Crippen molar-refractivity contribution in [2.75, 3.05) is 0 Å². The molecule has 1 atom stereocenters. The van der Waals surface area contributed by atoms with Crippen LogP contribution in [0.4, 0.5) is 0 Å². The molecule has 0 radical (unpaired) electrons. The minimum Gasteiger partial charge on any atom is -0.449 e. The molecule has 0 amide bonds. The molecule has 0 aromatic heterocycles. The Hall–Kier alpha value is 1.28. The Kier molecular flexibility index (Phi) is 12.0. The van der Waals surface area contributed by atoms with Gasteiger partial charge in [0, 0.05) is 0 Å². The lowest BCUT2D eigenvalue weighted by atomic mass is 11.8. The molecule has 0 bridgehead atoms. The lowest BCUT2D eigenvalue weighted by Gasteiger charge is -2.22. The van der Waals surface area contributed by atoms with E-state index in [9.17, 15) is 0 Å². The summed E-state index contributed by atoms with van der Waals surface area (Å²) in [6.07, 6.45) is 0. The molecule has 0 aliphatic carbocycles. The summed E-state index contributed by atoms with van der Waals surface area (Å²) in [7, 11) is -5.45. The van der Waals surface area contributed by atoms with Crippen LogP contribution in [0.2, 0.25) is 26.2 Å². The van der Waals surface area contributed by atoms with Gasteiger partial charge in [-0.25, -0.2) is 0 Å². The summed E-state index contributed by atoms with van der Waals surface area (Å²) in [5.74, 6) is 0. The third-order valence-corrected chi connectivity index (χ3v) is 13.0. The molecule has 0 fully saturated rings. The van der Waals surface area contributed by atoms with Crippen molar-refractivity contribution in [2.45, 2.75) is 26.2 Å². The Labute approximate surface area is 119 Å². The Morgan fingerprint density at radius 3 is 2.00 bits per heavy atom. The van der Waals surface area contributed by atoms with Gasteiger partial charge in [0.1, 0.15) is 10.5 Å². The summed E-state index contributed by atoms with van der Waals surface area (Å²) < 4.78 is 32.6. The molecule has 0 aromatic carbocycles. The molecule has 0 aliphatic heterocycles. The Balaban J connectivity index is 3.22. The van der Waals surface area contributed by atoms with Gasteiger partial charge in [0.05, 0.1) is 0 Å². The quantitative estimate of drug-likeness (QED) is 0.275. The van der Waals surface area contributed by atoms with Crippen molar-refractivity contribution in [3.8, 4) is 0 Å². The van der Waals surface area contributed by atoms with Crippen LogP contribution in [-0.2, 0) is 24.7 Å². The molecule has 0 heterocycles. The van der Waals surface area contributed by atoms with E-state index >= 15 is 0 Å². The number of hydrogen-bond donors (Lipinski definition) is 0. The van der Waals surface area contributed by atoms with Gasteiger partial charge in [-0.15, -0.1) is 0 Å². The molecule has 6 nitrogen and oxygen atoms in total. The van der Waals surface area contributed by atoms with Gasteiger partial charge in [-0.05, 0) is 26.2 Å². The van der Waals surface area contributed by atoms with Crippen molar-refractivity contribution in [1.29, 1.82) is 0 Å². The lowest BCUT2D eigenvalue weighted by Crippen LogP contribution is -2.36. The SMILES string of the molecule is C[SiH](O[SiH2]O[SiH2]O[SiH2]O[SiH2]O[SiH3])O[Si](C)(C)C. The van der Waals surface area contributed by atoms with Crippen molar-refractivity contribution < 1.29 is 24.7 Å². The van der Waals surface area contributed by atoms with E-state index in [1.54, 1.807) is 0 Å². The average molecular weight is 365 g/mol. The summed E-state index contributed by atoms with van der Waals surface area (Å²) in [5.41, 5.74) is 0. The van der Waals surface area contributed by atoms with E-state index in [1.807, 2.05) is 0 Å². The molecule has 1 unspecified atom stereocenters. The van der Waals surface area contributed by atoms with E-state index in [2.05, 4.69) is 26.2 Å². The smallest absolute Gasteiger partial charge is 0.298 e. The third kappa shape index (κ3) is 15.2. The van der Waals surface area contributed by atoms with Crippen molar-refractivity contribution in [3.05, 3.63) is 0 Å². The minimum atomic E-state index is -1.46. The van der Waals surface area contributed by atoms with Crippen molar-refractivity contribution >= 4 is 68.1 Å². The van der Waals surface area contributed by atoms with E-state index < -0.39 is 57.6 Å². The molecule has 0 saturated heterocycles. The fourth-order valence-corrected chi connectivity index (χ4v) is 13.9. The molecule has 104 valence electrons. The zero-order chi connectivity index (χ0) is 13.1. The van der Waals surface area contributed by atoms with Gasteiger partial charge in [0.25, 0.3) is 49.3 Å². The average Bonchev–Trinajstić information content (AvgIpc) is 2.19. The molecule has 0 aromatic rings. The highest BCUT2D eigenvalue weighted by Gasteiger charge is 2.19. The molecular weight excluding hydrogens is 341 g/mol. The molecule has 17 heavy (non-hydrogen) atoms. The van der Waals surface area contributed by atoms with E-state index in [-0.39, 0.29) is 0 Å². The zero-order valence-electron chi connectivity index (χ0n) is 11.4.